The maximum Gasteiger partial charge on any atom is 0.122 e. The van der Waals surface area contributed by atoms with Crippen LogP contribution in [0.3, 0.4) is 0 Å². The molecule has 3 nitrogen and oxygen atoms in total. The van der Waals surface area contributed by atoms with Crippen LogP contribution in [0.15, 0.2) is 18.2 Å². The number of rotatable bonds is 5. The van der Waals surface area contributed by atoms with Gasteiger partial charge in [0, 0.05) is 6.04 Å². The highest BCUT2D eigenvalue weighted by molar-refractivity contribution is 5.39. The Morgan fingerprint density at radius 1 is 1.37 bits per heavy atom. The first-order valence-corrected chi connectivity index (χ1v) is 7.25. The molecule has 2 rings (SSSR count). The molecule has 2 atom stereocenters. The zero-order valence-corrected chi connectivity index (χ0v) is 12.4. The van der Waals surface area contributed by atoms with Gasteiger partial charge in [-0.15, -0.1) is 0 Å². The molecule has 0 radical (unpaired) electrons. The number of hydrogen-bond acceptors (Lipinski definition) is 3. The summed E-state index contributed by atoms with van der Waals surface area (Å²) in [7, 11) is 4.29. The topological polar surface area (TPSA) is 38.5 Å². The van der Waals surface area contributed by atoms with Crippen LogP contribution in [0.25, 0.3) is 0 Å². The average molecular weight is 262 g/mol. The minimum absolute atomic E-state index is 0.427. The van der Waals surface area contributed by atoms with Crippen LogP contribution in [-0.2, 0) is 6.42 Å². The van der Waals surface area contributed by atoms with E-state index >= 15 is 0 Å². The lowest BCUT2D eigenvalue weighted by atomic mass is 9.89. The summed E-state index contributed by atoms with van der Waals surface area (Å²) in [5, 5.41) is 0. The summed E-state index contributed by atoms with van der Waals surface area (Å²) in [5.41, 5.74) is 8.46. The molecule has 0 bridgehead atoms. The van der Waals surface area contributed by atoms with Gasteiger partial charge in [0.1, 0.15) is 5.75 Å². The molecule has 0 saturated carbocycles. The monoisotopic (exact) mass is 262 g/mol. The molecular formula is C16H26N2O. The van der Waals surface area contributed by atoms with Gasteiger partial charge in [-0.3, -0.25) is 0 Å². The highest BCUT2D eigenvalue weighted by atomic mass is 16.5. The molecule has 19 heavy (non-hydrogen) atoms. The number of hydrogen-bond donors (Lipinski definition) is 1. The normalized spacial score (nSPS) is 17.7. The van der Waals surface area contributed by atoms with E-state index in [-0.39, 0.29) is 0 Å². The fourth-order valence-electron chi connectivity index (χ4n) is 3.12. The third kappa shape index (κ3) is 3.28. The number of aryl methyl sites for hydroxylation is 1. The van der Waals surface area contributed by atoms with Gasteiger partial charge in [0.25, 0.3) is 0 Å². The quantitative estimate of drug-likeness (QED) is 0.886. The van der Waals surface area contributed by atoms with E-state index in [0.717, 1.165) is 38.2 Å². The minimum Gasteiger partial charge on any atom is -0.493 e. The van der Waals surface area contributed by atoms with E-state index in [1.807, 2.05) is 0 Å². The van der Waals surface area contributed by atoms with Gasteiger partial charge in [-0.1, -0.05) is 19.1 Å². The molecule has 1 aromatic carbocycles. The number of nitrogens with zero attached hydrogens (tertiary/aromatic N) is 1. The first-order chi connectivity index (χ1) is 9.13. The summed E-state index contributed by atoms with van der Waals surface area (Å²) < 4.78 is 5.69. The Labute approximate surface area is 116 Å². The Balaban J connectivity index is 2.26. The molecule has 1 heterocycles. The molecule has 0 aliphatic carbocycles. The molecule has 3 heteroatoms. The summed E-state index contributed by atoms with van der Waals surface area (Å²) in [5.74, 6) is 1.63. The van der Waals surface area contributed by atoms with E-state index in [1.165, 1.54) is 11.1 Å². The Morgan fingerprint density at radius 3 is 2.84 bits per heavy atom. The van der Waals surface area contributed by atoms with E-state index in [2.05, 4.69) is 44.1 Å². The van der Waals surface area contributed by atoms with Gasteiger partial charge in [-0.2, -0.15) is 0 Å². The van der Waals surface area contributed by atoms with Crippen molar-refractivity contribution in [2.45, 2.75) is 32.2 Å². The molecule has 106 valence electrons. The Hall–Kier alpha value is -1.06. The predicted molar refractivity (Wildman–Crippen MR) is 79.5 cm³/mol. The summed E-state index contributed by atoms with van der Waals surface area (Å²) >= 11 is 0. The van der Waals surface area contributed by atoms with Crippen molar-refractivity contribution in [2.75, 3.05) is 27.2 Å². The molecule has 1 aliphatic heterocycles. The van der Waals surface area contributed by atoms with Crippen LogP contribution in [0, 0.1) is 5.92 Å². The SMILES string of the molecule is CC(CCN)C(c1ccc2c(c1)CCCO2)N(C)C. The summed E-state index contributed by atoms with van der Waals surface area (Å²) in [4.78, 5) is 2.30. The van der Waals surface area contributed by atoms with E-state index in [9.17, 15) is 0 Å². The zero-order valence-electron chi connectivity index (χ0n) is 12.4. The van der Waals surface area contributed by atoms with Crippen LogP contribution >= 0.6 is 0 Å². The van der Waals surface area contributed by atoms with Crippen molar-refractivity contribution >= 4 is 0 Å². The van der Waals surface area contributed by atoms with Crippen molar-refractivity contribution < 1.29 is 4.74 Å². The van der Waals surface area contributed by atoms with Gasteiger partial charge in [0.15, 0.2) is 0 Å². The average Bonchev–Trinajstić information content (AvgIpc) is 2.38. The second-order valence-electron chi connectivity index (χ2n) is 5.78. The van der Waals surface area contributed by atoms with Gasteiger partial charge < -0.3 is 15.4 Å². The summed E-state index contributed by atoms with van der Waals surface area (Å²) in [6, 6.07) is 7.10. The third-order valence-electron chi connectivity index (χ3n) is 3.99. The molecule has 2 unspecified atom stereocenters. The van der Waals surface area contributed by atoms with Crippen molar-refractivity contribution in [2.24, 2.45) is 11.7 Å². The molecule has 1 aliphatic rings. The highest BCUT2D eigenvalue weighted by Gasteiger charge is 2.22. The number of nitrogens with two attached hydrogens (primary N) is 1. The Kier molecular flexibility index (Phi) is 4.83. The highest BCUT2D eigenvalue weighted by Crippen LogP contribution is 2.33. The standard InChI is InChI=1S/C16H26N2O/c1-12(8-9-17)16(18(2)3)14-6-7-15-13(11-14)5-4-10-19-15/h6-7,11-12,16H,4-5,8-10,17H2,1-3H3. The fourth-order valence-corrected chi connectivity index (χ4v) is 3.12. The first kappa shape index (κ1) is 14.4. The second-order valence-corrected chi connectivity index (χ2v) is 5.78. The van der Waals surface area contributed by atoms with Crippen molar-refractivity contribution in [1.82, 2.24) is 4.90 Å². The molecule has 0 aromatic heterocycles. The van der Waals surface area contributed by atoms with Crippen molar-refractivity contribution in [3.8, 4) is 5.75 Å². The molecule has 0 fully saturated rings. The Morgan fingerprint density at radius 2 is 2.16 bits per heavy atom. The first-order valence-electron chi connectivity index (χ1n) is 7.25. The molecule has 0 spiro atoms. The van der Waals surface area contributed by atoms with Crippen molar-refractivity contribution in [1.29, 1.82) is 0 Å². The van der Waals surface area contributed by atoms with Gasteiger partial charge in [-0.05, 0) is 63.0 Å². The van der Waals surface area contributed by atoms with Crippen molar-refractivity contribution in [3.63, 3.8) is 0 Å². The van der Waals surface area contributed by atoms with E-state index in [1.54, 1.807) is 0 Å². The van der Waals surface area contributed by atoms with E-state index in [0.29, 0.717) is 12.0 Å². The van der Waals surface area contributed by atoms with Crippen molar-refractivity contribution in [3.05, 3.63) is 29.3 Å². The number of fused-ring (bicyclic) bond motifs is 1. The fraction of sp³-hybridized carbons (Fsp3) is 0.625. The van der Waals surface area contributed by atoms with E-state index in [4.69, 9.17) is 10.5 Å². The largest absolute Gasteiger partial charge is 0.493 e. The van der Waals surface area contributed by atoms with Crippen LogP contribution in [-0.4, -0.2) is 32.1 Å². The molecular weight excluding hydrogens is 236 g/mol. The van der Waals surface area contributed by atoms with Crippen LogP contribution in [0.4, 0.5) is 0 Å². The van der Waals surface area contributed by atoms with Crippen LogP contribution < -0.4 is 10.5 Å². The maximum absolute atomic E-state index is 5.72. The maximum atomic E-state index is 5.72. The lowest BCUT2D eigenvalue weighted by Crippen LogP contribution is -2.27. The molecule has 2 N–H and O–H groups in total. The van der Waals surface area contributed by atoms with Gasteiger partial charge in [0.2, 0.25) is 0 Å². The third-order valence-corrected chi connectivity index (χ3v) is 3.99. The molecule has 0 amide bonds. The zero-order chi connectivity index (χ0) is 13.8. The molecule has 0 saturated heterocycles. The predicted octanol–water partition coefficient (Wildman–Crippen LogP) is 2.60. The smallest absolute Gasteiger partial charge is 0.122 e. The Bertz CT molecular complexity index is 417. The lowest BCUT2D eigenvalue weighted by Gasteiger charge is -2.31. The van der Waals surface area contributed by atoms with Gasteiger partial charge in [0.05, 0.1) is 6.61 Å². The molecule has 1 aromatic rings. The number of ether oxygens (including phenoxy) is 1. The van der Waals surface area contributed by atoms with Crippen LogP contribution in [0.5, 0.6) is 5.75 Å². The number of benzene rings is 1. The van der Waals surface area contributed by atoms with Gasteiger partial charge in [-0.25, -0.2) is 0 Å². The van der Waals surface area contributed by atoms with Crippen LogP contribution in [0.2, 0.25) is 0 Å². The second kappa shape index (κ2) is 6.40. The van der Waals surface area contributed by atoms with Gasteiger partial charge >= 0.3 is 0 Å². The summed E-state index contributed by atoms with van der Waals surface area (Å²) in [6.45, 7) is 3.89. The minimum atomic E-state index is 0.427. The lowest BCUT2D eigenvalue weighted by molar-refractivity contribution is 0.216. The van der Waals surface area contributed by atoms with E-state index < -0.39 is 0 Å². The summed E-state index contributed by atoms with van der Waals surface area (Å²) in [6.07, 6.45) is 3.31. The van der Waals surface area contributed by atoms with Crippen LogP contribution in [0.1, 0.15) is 36.9 Å².